The highest BCUT2D eigenvalue weighted by molar-refractivity contribution is 5.54. The normalized spacial score (nSPS) is 9.09. The van der Waals surface area contributed by atoms with Crippen LogP contribution in [0.3, 0.4) is 0 Å². The van der Waals surface area contributed by atoms with Crippen LogP contribution >= 0.6 is 0 Å². The van der Waals surface area contributed by atoms with Crippen LogP contribution in [0.5, 0.6) is 0 Å². The van der Waals surface area contributed by atoms with Crippen LogP contribution in [0, 0.1) is 11.3 Å². The molecule has 1 radical (unpaired) electrons. The van der Waals surface area contributed by atoms with E-state index in [9.17, 15) is 5.11 Å². The van der Waals surface area contributed by atoms with Gasteiger partial charge in [0.25, 0.3) is 0 Å². The van der Waals surface area contributed by atoms with E-state index >= 15 is 0 Å². The Labute approximate surface area is 64.7 Å². The number of nitrogens with zero attached hydrogens (tertiary/aromatic N) is 1. The summed E-state index contributed by atoms with van der Waals surface area (Å²) in [5.74, 6) is 0. The van der Waals surface area contributed by atoms with Gasteiger partial charge in [-0.15, -0.1) is 0 Å². The van der Waals surface area contributed by atoms with Crippen molar-refractivity contribution in [3.05, 3.63) is 29.3 Å². The third-order valence-corrected chi connectivity index (χ3v) is 1.48. The fourth-order valence-electron chi connectivity index (χ4n) is 0.871. The van der Waals surface area contributed by atoms with E-state index in [0.717, 1.165) is 0 Å². The summed E-state index contributed by atoms with van der Waals surface area (Å²) in [5, 5.41) is 19.0. The summed E-state index contributed by atoms with van der Waals surface area (Å²) < 4.78 is 0. The first-order chi connectivity index (χ1) is 5.29. The van der Waals surface area contributed by atoms with E-state index in [1.165, 1.54) is 0 Å². The minimum Gasteiger partial charge on any atom is -0.398 e. The van der Waals surface area contributed by atoms with Crippen LogP contribution in [0.15, 0.2) is 18.2 Å². The molecule has 0 aliphatic rings. The number of nitrogen functional groups attached to an aromatic ring is 1. The van der Waals surface area contributed by atoms with Gasteiger partial charge in [-0.2, -0.15) is 5.26 Å². The predicted molar refractivity (Wildman–Crippen MR) is 40.0 cm³/mol. The van der Waals surface area contributed by atoms with Crippen LogP contribution in [0.2, 0.25) is 0 Å². The molecule has 1 aromatic rings. The lowest BCUT2D eigenvalue weighted by Crippen LogP contribution is -1.96. The molecule has 0 aromatic heterocycles. The van der Waals surface area contributed by atoms with E-state index in [1.54, 1.807) is 18.2 Å². The molecule has 0 saturated heterocycles. The number of anilines is 1. The zero-order valence-electron chi connectivity index (χ0n) is 5.87. The van der Waals surface area contributed by atoms with Crippen LogP contribution in [-0.4, -0.2) is 0 Å². The molecule has 0 fully saturated rings. The predicted octanol–water partition coefficient (Wildman–Crippen LogP) is 1.07. The lowest BCUT2D eigenvalue weighted by atomic mass is 10.1. The standard InChI is InChI=1S/C8H7N2O/c9-4-6-2-1-3-8(10)7(6)5-11/h1-3H,5,10H2. The number of hydrogen-bond acceptors (Lipinski definition) is 2. The molecule has 0 bridgehead atoms. The fraction of sp³-hybridized carbons (Fsp3) is 0.125. The first-order valence-corrected chi connectivity index (χ1v) is 3.15. The summed E-state index contributed by atoms with van der Waals surface area (Å²) >= 11 is 0. The molecule has 0 heterocycles. The Hall–Kier alpha value is -1.53. The largest absolute Gasteiger partial charge is 0.398 e. The third-order valence-electron chi connectivity index (χ3n) is 1.48. The molecule has 3 heteroatoms. The molecule has 0 amide bonds. The molecule has 0 unspecified atom stereocenters. The second-order valence-electron chi connectivity index (χ2n) is 2.13. The quantitative estimate of drug-likeness (QED) is 0.603. The van der Waals surface area contributed by atoms with Gasteiger partial charge in [-0.05, 0) is 12.1 Å². The van der Waals surface area contributed by atoms with Crippen molar-refractivity contribution in [1.29, 1.82) is 5.26 Å². The molecule has 55 valence electrons. The third kappa shape index (κ3) is 1.31. The van der Waals surface area contributed by atoms with Gasteiger partial charge in [0.1, 0.15) is 6.61 Å². The van der Waals surface area contributed by atoms with Gasteiger partial charge >= 0.3 is 0 Å². The van der Waals surface area contributed by atoms with Gasteiger partial charge < -0.3 is 5.73 Å². The Morgan fingerprint density at radius 3 is 2.73 bits per heavy atom. The second kappa shape index (κ2) is 3.04. The van der Waals surface area contributed by atoms with Gasteiger partial charge in [-0.1, -0.05) is 6.07 Å². The molecular weight excluding hydrogens is 140 g/mol. The molecule has 1 aromatic carbocycles. The highest BCUT2D eigenvalue weighted by Gasteiger charge is 2.03. The first kappa shape index (κ1) is 7.58. The molecule has 0 atom stereocenters. The number of rotatable bonds is 1. The smallest absolute Gasteiger partial charge is 0.111 e. The first-order valence-electron chi connectivity index (χ1n) is 3.15. The monoisotopic (exact) mass is 147 g/mol. The van der Waals surface area contributed by atoms with E-state index in [-0.39, 0.29) is 0 Å². The SMILES string of the molecule is N#Cc1cccc(N)c1C[O]. The number of nitrogens with two attached hydrogens (primary N) is 1. The van der Waals surface area contributed by atoms with Crippen LogP contribution in [0.4, 0.5) is 5.69 Å². The van der Waals surface area contributed by atoms with E-state index in [2.05, 4.69) is 0 Å². The van der Waals surface area contributed by atoms with Gasteiger partial charge in [0, 0.05) is 11.3 Å². The number of benzene rings is 1. The van der Waals surface area contributed by atoms with Crippen LogP contribution in [-0.2, 0) is 11.7 Å². The van der Waals surface area contributed by atoms with Crippen molar-refractivity contribution in [3.8, 4) is 6.07 Å². The molecule has 1 rings (SSSR count). The Morgan fingerprint density at radius 1 is 1.55 bits per heavy atom. The summed E-state index contributed by atoms with van der Waals surface area (Å²) in [6.07, 6.45) is 0. The van der Waals surface area contributed by atoms with Crippen molar-refractivity contribution in [3.63, 3.8) is 0 Å². The van der Waals surface area contributed by atoms with E-state index in [0.29, 0.717) is 16.8 Å². The van der Waals surface area contributed by atoms with E-state index < -0.39 is 6.61 Å². The van der Waals surface area contributed by atoms with Crippen molar-refractivity contribution < 1.29 is 5.11 Å². The Balaban J connectivity index is 3.27. The van der Waals surface area contributed by atoms with Gasteiger partial charge in [0.15, 0.2) is 0 Å². The molecule has 0 saturated carbocycles. The minimum atomic E-state index is -0.435. The van der Waals surface area contributed by atoms with Gasteiger partial charge in [0.05, 0.1) is 11.6 Å². The molecule has 3 nitrogen and oxygen atoms in total. The molecule has 0 spiro atoms. The molecular formula is C8H7N2O. The topological polar surface area (TPSA) is 69.7 Å². The Morgan fingerprint density at radius 2 is 2.27 bits per heavy atom. The van der Waals surface area contributed by atoms with E-state index in [4.69, 9.17) is 11.0 Å². The van der Waals surface area contributed by atoms with Crippen LogP contribution < -0.4 is 5.73 Å². The van der Waals surface area contributed by atoms with Crippen molar-refractivity contribution in [2.45, 2.75) is 6.61 Å². The average molecular weight is 147 g/mol. The average Bonchev–Trinajstić information content (AvgIpc) is 2.04. The van der Waals surface area contributed by atoms with Crippen molar-refractivity contribution >= 4 is 5.69 Å². The highest BCUT2D eigenvalue weighted by Crippen LogP contribution is 2.15. The summed E-state index contributed by atoms with van der Waals surface area (Å²) in [6, 6.07) is 6.77. The van der Waals surface area contributed by atoms with Crippen molar-refractivity contribution in [1.82, 2.24) is 0 Å². The van der Waals surface area contributed by atoms with Gasteiger partial charge in [-0.25, -0.2) is 5.11 Å². The maximum absolute atomic E-state index is 10.5. The second-order valence-corrected chi connectivity index (χ2v) is 2.13. The van der Waals surface area contributed by atoms with Crippen molar-refractivity contribution in [2.24, 2.45) is 0 Å². The van der Waals surface area contributed by atoms with Crippen molar-refractivity contribution in [2.75, 3.05) is 5.73 Å². The minimum absolute atomic E-state index is 0.375. The fourth-order valence-corrected chi connectivity index (χ4v) is 0.871. The summed E-state index contributed by atoms with van der Waals surface area (Å²) in [5.41, 5.74) is 6.63. The number of hydrogen-bond donors (Lipinski definition) is 1. The highest BCUT2D eigenvalue weighted by atomic mass is 16.3. The zero-order valence-corrected chi connectivity index (χ0v) is 5.87. The zero-order chi connectivity index (χ0) is 8.27. The summed E-state index contributed by atoms with van der Waals surface area (Å²) in [7, 11) is 0. The molecule has 0 aliphatic carbocycles. The molecule has 2 N–H and O–H groups in total. The van der Waals surface area contributed by atoms with Crippen LogP contribution in [0.1, 0.15) is 11.1 Å². The lowest BCUT2D eigenvalue weighted by Gasteiger charge is -2.01. The summed E-state index contributed by atoms with van der Waals surface area (Å²) in [6.45, 7) is -0.435. The van der Waals surface area contributed by atoms with Gasteiger partial charge in [0.2, 0.25) is 0 Å². The lowest BCUT2D eigenvalue weighted by molar-refractivity contribution is 0.178. The molecule has 11 heavy (non-hydrogen) atoms. The van der Waals surface area contributed by atoms with E-state index in [1.807, 2.05) is 6.07 Å². The Bertz CT molecular complexity index is 301. The maximum Gasteiger partial charge on any atom is 0.111 e. The van der Waals surface area contributed by atoms with Crippen LogP contribution in [0.25, 0.3) is 0 Å². The van der Waals surface area contributed by atoms with Gasteiger partial charge in [-0.3, -0.25) is 0 Å². The Kier molecular flexibility index (Phi) is 2.09. The summed E-state index contributed by atoms with van der Waals surface area (Å²) in [4.78, 5) is 0. The molecule has 0 aliphatic heterocycles. The maximum atomic E-state index is 10.5. The number of nitriles is 1.